The monoisotopic (exact) mass is 293 g/mol. The number of amides is 1. The van der Waals surface area contributed by atoms with Crippen LogP contribution >= 0.6 is 0 Å². The van der Waals surface area contributed by atoms with Gasteiger partial charge in [-0.1, -0.05) is 13.8 Å². The van der Waals surface area contributed by atoms with Crippen LogP contribution in [0.1, 0.15) is 46.7 Å². The van der Waals surface area contributed by atoms with E-state index in [-0.39, 0.29) is 11.4 Å². The topological polar surface area (TPSA) is 63.2 Å². The summed E-state index contributed by atoms with van der Waals surface area (Å²) in [6.45, 7) is 11.5. The number of hydrogen-bond acceptors (Lipinski definition) is 4. The van der Waals surface area contributed by atoms with Crippen molar-refractivity contribution in [2.75, 3.05) is 6.54 Å². The zero-order valence-corrected chi connectivity index (χ0v) is 13.7. The van der Waals surface area contributed by atoms with Gasteiger partial charge in [-0.25, -0.2) is 0 Å². The van der Waals surface area contributed by atoms with Crippen molar-refractivity contribution in [1.82, 2.24) is 15.6 Å². The zero-order valence-electron chi connectivity index (χ0n) is 13.7. The highest BCUT2D eigenvalue weighted by Gasteiger charge is 2.22. The summed E-state index contributed by atoms with van der Waals surface area (Å²) in [5.74, 6) is 0.491. The van der Waals surface area contributed by atoms with E-state index in [1.807, 2.05) is 32.9 Å². The maximum absolute atomic E-state index is 12.1. The van der Waals surface area contributed by atoms with E-state index in [9.17, 15) is 4.79 Å². The van der Waals surface area contributed by atoms with E-state index >= 15 is 0 Å². The molecule has 0 aliphatic carbocycles. The third-order valence-corrected chi connectivity index (χ3v) is 3.38. The summed E-state index contributed by atoms with van der Waals surface area (Å²) in [4.78, 5) is 16.4. The minimum Gasteiger partial charge on any atom is -0.479 e. The fourth-order valence-electron chi connectivity index (χ4n) is 1.62. The Labute approximate surface area is 127 Å². The molecule has 1 aromatic heterocycles. The van der Waals surface area contributed by atoms with E-state index in [0.717, 1.165) is 25.2 Å². The van der Waals surface area contributed by atoms with Gasteiger partial charge >= 0.3 is 0 Å². The fraction of sp³-hybridized carbons (Fsp3) is 0.625. The average Bonchev–Trinajstić information content (AvgIpc) is 2.46. The molecule has 1 unspecified atom stereocenters. The molecule has 1 heterocycles. The van der Waals surface area contributed by atoms with Crippen LogP contribution in [0.15, 0.2) is 18.3 Å². The second-order valence-electron chi connectivity index (χ2n) is 5.75. The van der Waals surface area contributed by atoms with Crippen molar-refractivity contribution in [3.05, 3.63) is 24.0 Å². The number of carbonyl (C=O) groups excluding carboxylic acids is 1. The molecule has 0 saturated carbocycles. The molecule has 5 nitrogen and oxygen atoms in total. The first kappa shape index (κ1) is 17.4. The van der Waals surface area contributed by atoms with Gasteiger partial charge in [0.25, 0.3) is 5.91 Å². The van der Waals surface area contributed by atoms with Gasteiger partial charge in [0.05, 0.1) is 11.9 Å². The summed E-state index contributed by atoms with van der Waals surface area (Å²) in [7, 11) is 0. The highest BCUT2D eigenvalue weighted by Crippen LogP contribution is 2.13. The van der Waals surface area contributed by atoms with Crippen molar-refractivity contribution in [3.8, 4) is 5.75 Å². The Kier molecular flexibility index (Phi) is 6.62. The Morgan fingerprint density at radius 1 is 1.38 bits per heavy atom. The van der Waals surface area contributed by atoms with Crippen molar-refractivity contribution in [2.24, 2.45) is 0 Å². The molecule has 0 radical (unpaired) electrons. The highest BCUT2D eigenvalue weighted by molar-refractivity contribution is 5.81. The van der Waals surface area contributed by atoms with Crippen molar-refractivity contribution >= 4 is 5.91 Å². The van der Waals surface area contributed by atoms with E-state index in [4.69, 9.17) is 4.74 Å². The summed E-state index contributed by atoms with van der Waals surface area (Å²) in [5.41, 5.74) is 0.733. The molecule has 0 spiro atoms. The predicted molar refractivity (Wildman–Crippen MR) is 84.2 cm³/mol. The molecule has 0 fully saturated rings. The maximum atomic E-state index is 12.1. The van der Waals surface area contributed by atoms with E-state index in [2.05, 4.69) is 22.5 Å². The molecule has 0 saturated heterocycles. The minimum atomic E-state index is -0.544. The Morgan fingerprint density at radius 3 is 2.62 bits per heavy atom. The molecule has 118 valence electrons. The zero-order chi connectivity index (χ0) is 15.9. The van der Waals surface area contributed by atoms with E-state index in [0.29, 0.717) is 5.75 Å². The Bertz CT molecular complexity index is 443. The van der Waals surface area contributed by atoms with E-state index in [1.54, 1.807) is 13.1 Å². The molecule has 1 atom stereocenters. The number of aromatic nitrogens is 1. The van der Waals surface area contributed by atoms with Gasteiger partial charge in [-0.05, 0) is 45.9 Å². The first-order valence-corrected chi connectivity index (χ1v) is 7.52. The maximum Gasteiger partial charge on any atom is 0.261 e. The summed E-state index contributed by atoms with van der Waals surface area (Å²) in [6, 6.07) is 3.74. The van der Waals surface area contributed by atoms with Gasteiger partial charge < -0.3 is 15.4 Å². The lowest BCUT2D eigenvalue weighted by molar-refractivity contribution is -0.128. The molecule has 0 aliphatic heterocycles. The van der Waals surface area contributed by atoms with Gasteiger partial charge in [-0.3, -0.25) is 9.78 Å². The van der Waals surface area contributed by atoms with Crippen LogP contribution < -0.4 is 15.4 Å². The number of rotatable bonds is 8. The molecular formula is C16H27N3O2. The standard InChI is InChI=1S/C16H27N3O2/c1-6-16(4,5)19-15(20)12(3)21-14-9-8-13(18-11-14)10-17-7-2/h8-9,11-12,17H,6-7,10H2,1-5H3,(H,19,20). The molecule has 1 rings (SSSR count). The highest BCUT2D eigenvalue weighted by atomic mass is 16.5. The minimum absolute atomic E-state index is 0.112. The normalized spacial score (nSPS) is 12.8. The van der Waals surface area contributed by atoms with Crippen molar-refractivity contribution in [1.29, 1.82) is 0 Å². The van der Waals surface area contributed by atoms with Crippen molar-refractivity contribution in [3.63, 3.8) is 0 Å². The van der Waals surface area contributed by atoms with Crippen LogP contribution in [0.2, 0.25) is 0 Å². The van der Waals surface area contributed by atoms with E-state index < -0.39 is 6.10 Å². The average molecular weight is 293 g/mol. The molecule has 0 aromatic carbocycles. The van der Waals surface area contributed by atoms with Gasteiger partial charge in [0, 0.05) is 12.1 Å². The van der Waals surface area contributed by atoms with Crippen LogP contribution in [-0.4, -0.2) is 29.1 Å². The van der Waals surface area contributed by atoms with Crippen molar-refractivity contribution in [2.45, 2.75) is 59.2 Å². The van der Waals surface area contributed by atoms with Crippen LogP contribution in [-0.2, 0) is 11.3 Å². The molecule has 5 heteroatoms. The fourth-order valence-corrected chi connectivity index (χ4v) is 1.62. The van der Waals surface area contributed by atoms with Gasteiger partial charge in [0.2, 0.25) is 0 Å². The predicted octanol–water partition coefficient (Wildman–Crippen LogP) is 2.26. The first-order chi connectivity index (χ1) is 9.88. The summed E-state index contributed by atoms with van der Waals surface area (Å²) in [5, 5.41) is 6.18. The van der Waals surface area contributed by atoms with Crippen LogP contribution in [0.3, 0.4) is 0 Å². The van der Waals surface area contributed by atoms with Gasteiger partial charge in [0.1, 0.15) is 5.75 Å². The van der Waals surface area contributed by atoms with Gasteiger partial charge in [-0.15, -0.1) is 0 Å². The summed E-state index contributed by atoms with van der Waals surface area (Å²) in [6.07, 6.45) is 1.98. The molecule has 1 aromatic rings. The first-order valence-electron chi connectivity index (χ1n) is 7.52. The van der Waals surface area contributed by atoms with Crippen LogP contribution in [0.25, 0.3) is 0 Å². The van der Waals surface area contributed by atoms with Gasteiger partial charge in [0.15, 0.2) is 6.10 Å². The van der Waals surface area contributed by atoms with Crippen molar-refractivity contribution < 1.29 is 9.53 Å². The van der Waals surface area contributed by atoms with Crippen LogP contribution in [0.4, 0.5) is 0 Å². The summed E-state index contributed by atoms with van der Waals surface area (Å²) >= 11 is 0. The second kappa shape index (κ2) is 7.98. The number of pyridine rings is 1. The quantitative estimate of drug-likeness (QED) is 0.772. The lowest BCUT2D eigenvalue weighted by atomic mass is 10.0. The van der Waals surface area contributed by atoms with Crippen LogP contribution in [0, 0.1) is 0 Å². The second-order valence-corrected chi connectivity index (χ2v) is 5.75. The molecular weight excluding hydrogens is 266 g/mol. The summed E-state index contributed by atoms with van der Waals surface area (Å²) < 4.78 is 5.63. The number of nitrogens with one attached hydrogen (secondary N) is 2. The third kappa shape index (κ3) is 6.12. The molecule has 1 amide bonds. The van der Waals surface area contributed by atoms with E-state index in [1.165, 1.54) is 0 Å². The van der Waals surface area contributed by atoms with Gasteiger partial charge in [-0.2, -0.15) is 0 Å². The third-order valence-electron chi connectivity index (χ3n) is 3.38. The smallest absolute Gasteiger partial charge is 0.261 e. The number of nitrogens with zero attached hydrogens (tertiary/aromatic N) is 1. The number of ether oxygens (including phenoxy) is 1. The largest absolute Gasteiger partial charge is 0.479 e. The SMILES string of the molecule is CCNCc1ccc(OC(C)C(=O)NC(C)(C)CC)cn1. The molecule has 0 aliphatic rings. The molecule has 21 heavy (non-hydrogen) atoms. The Balaban J connectivity index is 2.54. The Morgan fingerprint density at radius 2 is 2.10 bits per heavy atom. The Hall–Kier alpha value is -1.62. The number of carbonyl (C=O) groups is 1. The lowest BCUT2D eigenvalue weighted by Crippen LogP contribution is -2.48. The van der Waals surface area contributed by atoms with Crippen LogP contribution in [0.5, 0.6) is 5.75 Å². The molecule has 0 bridgehead atoms. The lowest BCUT2D eigenvalue weighted by Gasteiger charge is -2.26. The molecule has 2 N–H and O–H groups in total. The number of hydrogen-bond donors (Lipinski definition) is 2.